The van der Waals surface area contributed by atoms with Crippen molar-refractivity contribution in [3.8, 4) is 22.5 Å². The molecule has 0 saturated carbocycles. The number of aromatic nitrogens is 6. The van der Waals surface area contributed by atoms with Crippen molar-refractivity contribution >= 4 is 12.6 Å². The molecule has 2 aliphatic rings. The van der Waals surface area contributed by atoms with Crippen LogP contribution in [0.25, 0.3) is 22.5 Å². The highest BCUT2D eigenvalue weighted by Gasteiger charge is 2.62. The number of ether oxygens (including phenoxy) is 2. The van der Waals surface area contributed by atoms with Gasteiger partial charge in [-0.1, -0.05) is 34.7 Å². The Morgan fingerprint density at radius 2 is 1.22 bits per heavy atom. The van der Waals surface area contributed by atoms with Gasteiger partial charge in [0, 0.05) is 11.1 Å². The van der Waals surface area contributed by atoms with E-state index in [1.165, 1.54) is 48.8 Å². The molecule has 2 aromatic heterocycles. The Balaban J connectivity index is 1.36. The highest BCUT2D eigenvalue weighted by molar-refractivity contribution is 7.81. The summed E-state index contributed by atoms with van der Waals surface area (Å²) in [5.74, 6) is -1.17. The molecule has 14 nitrogen and oxygen atoms in total. The Bertz CT molecular complexity index is 1650. The lowest BCUT2D eigenvalue weighted by molar-refractivity contribution is -0.297. The maximum atomic E-state index is 14.4. The highest BCUT2D eigenvalue weighted by Crippen LogP contribution is 2.47. The summed E-state index contributed by atoms with van der Waals surface area (Å²) in [5.41, 5.74) is 0.383. The largest absolute Gasteiger partial charge is 0.394 e. The molecule has 45 heavy (non-hydrogen) atoms. The topological polar surface area (TPSA) is 201 Å². The first kappa shape index (κ1) is 31.6. The molecule has 6 N–H and O–H groups in total. The van der Waals surface area contributed by atoms with Crippen LogP contribution in [-0.2, 0) is 9.47 Å². The van der Waals surface area contributed by atoms with Crippen LogP contribution in [0.15, 0.2) is 60.9 Å². The van der Waals surface area contributed by atoms with Crippen molar-refractivity contribution in [2.75, 3.05) is 13.2 Å². The number of thiol groups is 1. The van der Waals surface area contributed by atoms with Crippen molar-refractivity contribution < 1.29 is 48.9 Å². The molecule has 2 fully saturated rings. The first-order valence-corrected chi connectivity index (χ1v) is 14.4. The zero-order chi connectivity index (χ0) is 32.0. The molecule has 17 heteroatoms. The molecule has 4 aromatic rings. The maximum absolute atomic E-state index is 14.4. The van der Waals surface area contributed by atoms with Gasteiger partial charge in [-0.15, -0.1) is 22.8 Å². The molecule has 2 aliphatic heterocycles. The fourth-order valence-electron chi connectivity index (χ4n) is 5.90. The van der Waals surface area contributed by atoms with Gasteiger partial charge in [0.15, 0.2) is 4.93 Å². The van der Waals surface area contributed by atoms with Gasteiger partial charge in [-0.25, -0.2) is 18.1 Å². The van der Waals surface area contributed by atoms with Gasteiger partial charge in [-0.3, -0.25) is 0 Å². The molecule has 0 amide bonds. The fourth-order valence-corrected chi connectivity index (χ4v) is 6.40. The molecule has 6 unspecified atom stereocenters. The summed E-state index contributed by atoms with van der Waals surface area (Å²) in [6, 6.07) is 8.77. The van der Waals surface area contributed by atoms with E-state index in [-0.39, 0.29) is 22.5 Å². The van der Waals surface area contributed by atoms with Crippen LogP contribution < -0.4 is 0 Å². The van der Waals surface area contributed by atoms with Gasteiger partial charge < -0.3 is 40.1 Å². The van der Waals surface area contributed by atoms with Crippen LogP contribution in [0.3, 0.4) is 0 Å². The first-order valence-electron chi connectivity index (χ1n) is 13.9. The van der Waals surface area contributed by atoms with Crippen LogP contribution in [0.4, 0.5) is 8.78 Å². The van der Waals surface area contributed by atoms with E-state index in [2.05, 4.69) is 33.3 Å². The molecule has 6 rings (SSSR count). The maximum Gasteiger partial charge on any atom is 0.168 e. The summed E-state index contributed by atoms with van der Waals surface area (Å²) in [7, 11) is 0. The molecule has 240 valence electrons. The molecule has 2 saturated heterocycles. The van der Waals surface area contributed by atoms with Crippen LogP contribution in [0, 0.1) is 11.6 Å². The standard InChI is InChI=1S/C28H30F2N6O8S/c29-15-7-3-1-5-13(15)17-9-35(33-31-17)21-23(39)19(11-37)43-27(25(21)41)28(45)26(42)22(24(40)20(12-38)44-28)36-10-18(32-34-36)14-6-2-4-8-16(14)30/h1-10,19-27,37-42,45H,11-12H2/t19?,20?,21-,22-,23-,24-,25?,26?,27?,28?/m0/s1. The van der Waals surface area contributed by atoms with Gasteiger partial charge in [0.25, 0.3) is 0 Å². The predicted octanol–water partition coefficient (Wildman–Crippen LogP) is -0.515. The van der Waals surface area contributed by atoms with Crippen LogP contribution in [0.5, 0.6) is 0 Å². The average molecular weight is 649 g/mol. The zero-order valence-electron chi connectivity index (χ0n) is 23.3. The Morgan fingerprint density at radius 1 is 0.733 bits per heavy atom. The molecular weight excluding hydrogens is 618 g/mol. The molecular formula is C28H30F2N6O8S. The Morgan fingerprint density at radius 3 is 1.73 bits per heavy atom. The van der Waals surface area contributed by atoms with E-state index >= 15 is 0 Å². The smallest absolute Gasteiger partial charge is 0.168 e. The number of rotatable bonds is 7. The van der Waals surface area contributed by atoms with Crippen molar-refractivity contribution in [2.45, 2.75) is 59.7 Å². The average Bonchev–Trinajstić information content (AvgIpc) is 3.71. The minimum atomic E-state index is -2.23. The fraction of sp³-hybridized carbons (Fsp3) is 0.429. The normalized spacial score (nSPS) is 33.8. The van der Waals surface area contributed by atoms with E-state index in [0.29, 0.717) is 0 Å². The summed E-state index contributed by atoms with van der Waals surface area (Å²) in [4.78, 5) is -2.23. The highest BCUT2D eigenvalue weighted by atomic mass is 32.1. The second kappa shape index (κ2) is 12.4. The van der Waals surface area contributed by atoms with Gasteiger partial charge in [0.05, 0.1) is 25.6 Å². The molecule has 4 heterocycles. The lowest BCUT2D eigenvalue weighted by atomic mass is 9.83. The van der Waals surface area contributed by atoms with Crippen LogP contribution in [0.1, 0.15) is 12.1 Å². The Labute approximate surface area is 259 Å². The quantitative estimate of drug-likeness (QED) is 0.127. The number of hydrogen-bond donors (Lipinski definition) is 7. The minimum Gasteiger partial charge on any atom is -0.394 e. The number of hydrogen-bond acceptors (Lipinski definition) is 13. The van der Waals surface area contributed by atoms with Crippen molar-refractivity contribution in [1.82, 2.24) is 30.0 Å². The van der Waals surface area contributed by atoms with E-state index in [0.717, 1.165) is 9.36 Å². The van der Waals surface area contributed by atoms with Crippen LogP contribution in [0.2, 0.25) is 0 Å². The number of halogens is 2. The summed E-state index contributed by atoms with van der Waals surface area (Å²) >= 11 is 4.58. The van der Waals surface area contributed by atoms with Crippen molar-refractivity contribution in [1.29, 1.82) is 0 Å². The van der Waals surface area contributed by atoms with Gasteiger partial charge in [0.1, 0.15) is 77.8 Å². The molecule has 0 bridgehead atoms. The van der Waals surface area contributed by atoms with E-state index in [4.69, 9.17) is 9.47 Å². The molecule has 0 aliphatic carbocycles. The second-order valence-corrected chi connectivity index (χ2v) is 11.6. The van der Waals surface area contributed by atoms with Crippen LogP contribution in [-0.4, -0.2) is 122 Å². The summed E-state index contributed by atoms with van der Waals surface area (Å²) < 4.78 is 42.7. The first-order chi connectivity index (χ1) is 21.6. The summed E-state index contributed by atoms with van der Waals surface area (Å²) in [6.07, 6.45) is -8.67. The third-order valence-electron chi connectivity index (χ3n) is 8.23. The van der Waals surface area contributed by atoms with E-state index < -0.39 is 84.6 Å². The lowest BCUT2D eigenvalue weighted by Gasteiger charge is -2.54. The number of aliphatic hydroxyl groups excluding tert-OH is 6. The SMILES string of the molecule is OCC1OC(C2(S)OC(CO)[C@H](O)[C@H](n3cc(-c4ccccc4F)nn3)C2O)C(O)[C@@H](n2cc(-c3ccccc3F)nn2)[C@H]1O. The number of aliphatic hydroxyl groups is 6. The van der Waals surface area contributed by atoms with Gasteiger partial charge in [-0.05, 0) is 24.3 Å². The lowest BCUT2D eigenvalue weighted by Crippen LogP contribution is -2.70. The number of nitrogens with zero attached hydrogens (tertiary/aromatic N) is 6. The summed E-state index contributed by atoms with van der Waals surface area (Å²) in [5, 5.41) is 81.6. The number of benzene rings is 2. The molecule has 0 spiro atoms. The molecule has 2 aromatic carbocycles. The Kier molecular flexibility index (Phi) is 8.72. The minimum absolute atomic E-state index is 0.0821. The van der Waals surface area contributed by atoms with Crippen molar-refractivity contribution in [2.24, 2.45) is 0 Å². The van der Waals surface area contributed by atoms with Gasteiger partial charge >= 0.3 is 0 Å². The third kappa shape index (κ3) is 5.43. The second-order valence-electron chi connectivity index (χ2n) is 10.9. The van der Waals surface area contributed by atoms with Crippen molar-refractivity contribution in [3.05, 3.63) is 72.6 Å². The van der Waals surface area contributed by atoms with Crippen molar-refractivity contribution in [3.63, 3.8) is 0 Å². The third-order valence-corrected chi connectivity index (χ3v) is 8.85. The van der Waals surface area contributed by atoms with E-state index in [1.54, 1.807) is 12.1 Å². The van der Waals surface area contributed by atoms with Gasteiger partial charge in [-0.2, -0.15) is 0 Å². The molecule has 0 radical (unpaired) electrons. The van der Waals surface area contributed by atoms with E-state index in [1.807, 2.05) is 0 Å². The van der Waals surface area contributed by atoms with Crippen LogP contribution >= 0.6 is 12.6 Å². The molecule has 10 atom stereocenters. The zero-order valence-corrected chi connectivity index (χ0v) is 24.2. The van der Waals surface area contributed by atoms with E-state index in [9.17, 15) is 39.4 Å². The Hall–Kier alpha value is -3.39. The summed E-state index contributed by atoms with van der Waals surface area (Å²) in [6.45, 7) is -1.52. The predicted molar refractivity (Wildman–Crippen MR) is 152 cm³/mol. The monoisotopic (exact) mass is 648 g/mol. The van der Waals surface area contributed by atoms with Gasteiger partial charge in [0.2, 0.25) is 0 Å².